The van der Waals surface area contributed by atoms with Crippen LogP contribution in [-0.2, 0) is 4.79 Å². The maximum Gasteiger partial charge on any atom is 0.274 e. The lowest BCUT2D eigenvalue weighted by atomic mass is 10.3. The van der Waals surface area contributed by atoms with Gasteiger partial charge < -0.3 is 16.0 Å². The van der Waals surface area contributed by atoms with Crippen LogP contribution in [0.4, 0.5) is 5.69 Å². The summed E-state index contributed by atoms with van der Waals surface area (Å²) in [5, 5.41) is 0. The van der Waals surface area contributed by atoms with Gasteiger partial charge in [-0.15, -0.1) is 0 Å². The van der Waals surface area contributed by atoms with Gasteiger partial charge in [-0.2, -0.15) is 0 Å². The van der Waals surface area contributed by atoms with Gasteiger partial charge >= 0.3 is 0 Å². The van der Waals surface area contributed by atoms with E-state index in [0.29, 0.717) is 0 Å². The van der Waals surface area contributed by atoms with E-state index >= 15 is 0 Å². The van der Waals surface area contributed by atoms with Gasteiger partial charge in [0, 0.05) is 6.20 Å². The zero-order valence-electron chi connectivity index (χ0n) is 7.23. The second kappa shape index (κ2) is 3.30. The van der Waals surface area contributed by atoms with Gasteiger partial charge in [-0.3, -0.25) is 9.59 Å². The molecule has 5 heteroatoms. The van der Waals surface area contributed by atoms with Crippen molar-refractivity contribution in [3.05, 3.63) is 28.7 Å². The molecule has 4 N–H and O–H groups in total. The molecule has 0 radical (unpaired) electrons. The molecule has 0 fully saturated rings. The van der Waals surface area contributed by atoms with E-state index in [9.17, 15) is 9.59 Å². The summed E-state index contributed by atoms with van der Waals surface area (Å²) >= 11 is 0. The van der Waals surface area contributed by atoms with Crippen LogP contribution in [-0.4, -0.2) is 10.5 Å². The zero-order chi connectivity index (χ0) is 10.0. The first-order chi connectivity index (χ1) is 6.04. The number of carbonyl (C=O) groups excluding carboxylic acids is 1. The molecule has 13 heavy (non-hydrogen) atoms. The van der Waals surface area contributed by atoms with Gasteiger partial charge in [0.1, 0.15) is 6.04 Å². The fourth-order valence-electron chi connectivity index (χ4n) is 0.970. The maximum absolute atomic E-state index is 11.3. The monoisotopic (exact) mass is 181 g/mol. The second-order valence-corrected chi connectivity index (χ2v) is 2.75. The third-order valence-electron chi connectivity index (χ3n) is 1.83. The Bertz CT molecular complexity index is 383. The largest absolute Gasteiger partial charge is 0.394 e. The molecule has 1 rings (SSSR count). The Kier molecular flexibility index (Phi) is 2.36. The summed E-state index contributed by atoms with van der Waals surface area (Å²) in [6.45, 7) is 1.54. The van der Waals surface area contributed by atoms with Gasteiger partial charge in [0.05, 0.1) is 5.69 Å². The van der Waals surface area contributed by atoms with E-state index in [1.165, 1.54) is 16.8 Å². The Labute approximate surface area is 75.0 Å². The topological polar surface area (TPSA) is 91.1 Å². The average molecular weight is 181 g/mol. The predicted molar refractivity (Wildman–Crippen MR) is 49.0 cm³/mol. The first kappa shape index (κ1) is 9.31. The summed E-state index contributed by atoms with van der Waals surface area (Å²) in [5.41, 5.74) is 10.1. The fourth-order valence-corrected chi connectivity index (χ4v) is 0.970. The Morgan fingerprint density at radius 2 is 2.23 bits per heavy atom. The Morgan fingerprint density at radius 3 is 2.77 bits per heavy atom. The maximum atomic E-state index is 11.3. The van der Waals surface area contributed by atoms with Gasteiger partial charge in [-0.25, -0.2) is 0 Å². The Balaban J connectivity index is 3.23. The van der Waals surface area contributed by atoms with Crippen molar-refractivity contribution in [2.24, 2.45) is 5.73 Å². The van der Waals surface area contributed by atoms with Crippen LogP contribution in [0.5, 0.6) is 0 Å². The zero-order valence-corrected chi connectivity index (χ0v) is 7.23. The molecule has 70 valence electrons. The van der Waals surface area contributed by atoms with E-state index in [0.717, 1.165) is 0 Å². The smallest absolute Gasteiger partial charge is 0.274 e. The van der Waals surface area contributed by atoms with E-state index in [1.807, 2.05) is 0 Å². The Hall–Kier alpha value is -1.78. The van der Waals surface area contributed by atoms with E-state index in [1.54, 1.807) is 13.0 Å². The van der Waals surface area contributed by atoms with E-state index in [2.05, 4.69) is 0 Å². The lowest BCUT2D eigenvalue weighted by Crippen LogP contribution is -2.32. The third kappa shape index (κ3) is 1.69. The average Bonchev–Trinajstić information content (AvgIpc) is 2.08. The molecule has 0 saturated carbocycles. The second-order valence-electron chi connectivity index (χ2n) is 2.75. The lowest BCUT2D eigenvalue weighted by Gasteiger charge is -2.10. The summed E-state index contributed by atoms with van der Waals surface area (Å²) in [6, 6.07) is 2.40. The van der Waals surface area contributed by atoms with Crippen LogP contribution < -0.4 is 17.0 Å². The standard InChI is InChI=1S/C8H11N3O2/c1-5(7(10)12)11-4-2-3-6(9)8(11)13/h2-5H,9H2,1H3,(H2,10,12). The minimum Gasteiger partial charge on any atom is -0.394 e. The quantitative estimate of drug-likeness (QED) is 0.642. The number of primary amides is 1. The van der Waals surface area contributed by atoms with Crippen LogP contribution in [0.3, 0.4) is 0 Å². The highest BCUT2D eigenvalue weighted by Gasteiger charge is 2.12. The molecule has 0 aliphatic heterocycles. The van der Waals surface area contributed by atoms with Gasteiger partial charge in [-0.05, 0) is 19.1 Å². The number of hydrogen-bond acceptors (Lipinski definition) is 3. The van der Waals surface area contributed by atoms with Gasteiger partial charge in [0.2, 0.25) is 5.91 Å². The molecule has 0 aromatic carbocycles. The number of nitrogens with two attached hydrogens (primary N) is 2. The third-order valence-corrected chi connectivity index (χ3v) is 1.83. The number of nitrogens with zero attached hydrogens (tertiary/aromatic N) is 1. The number of hydrogen-bond donors (Lipinski definition) is 2. The van der Waals surface area contributed by atoms with Crippen molar-refractivity contribution in [1.82, 2.24) is 4.57 Å². The van der Waals surface area contributed by atoms with E-state index < -0.39 is 17.5 Å². The van der Waals surface area contributed by atoms with Crippen molar-refractivity contribution < 1.29 is 4.79 Å². The van der Waals surface area contributed by atoms with Crippen LogP contribution in [0.2, 0.25) is 0 Å². The molecule has 1 amide bonds. The fraction of sp³-hybridized carbons (Fsp3) is 0.250. The predicted octanol–water partition coefficient (Wildman–Crippen LogP) is -0.523. The van der Waals surface area contributed by atoms with Gasteiger partial charge in [-0.1, -0.05) is 0 Å². The molecule has 1 aromatic heterocycles. The van der Waals surface area contributed by atoms with Crippen molar-refractivity contribution in [2.75, 3.05) is 5.73 Å². The number of aromatic nitrogens is 1. The summed E-state index contributed by atoms with van der Waals surface area (Å²) in [4.78, 5) is 22.1. The molecule has 1 unspecified atom stereocenters. The number of carbonyl (C=O) groups is 1. The first-order valence-electron chi connectivity index (χ1n) is 3.80. The van der Waals surface area contributed by atoms with Crippen LogP contribution in [0.1, 0.15) is 13.0 Å². The molecule has 0 aliphatic carbocycles. The minimum absolute atomic E-state index is 0.107. The van der Waals surface area contributed by atoms with Crippen molar-refractivity contribution in [3.8, 4) is 0 Å². The van der Waals surface area contributed by atoms with E-state index in [-0.39, 0.29) is 5.69 Å². The first-order valence-corrected chi connectivity index (χ1v) is 3.80. The molecule has 0 spiro atoms. The number of nitrogen functional groups attached to an aromatic ring is 1. The number of pyridine rings is 1. The molecular weight excluding hydrogens is 170 g/mol. The molecule has 5 nitrogen and oxygen atoms in total. The number of rotatable bonds is 2. The summed E-state index contributed by atoms with van der Waals surface area (Å²) < 4.78 is 1.21. The number of amides is 1. The van der Waals surface area contributed by atoms with Crippen LogP contribution in [0, 0.1) is 0 Å². The van der Waals surface area contributed by atoms with Crippen LogP contribution >= 0.6 is 0 Å². The molecule has 1 atom stereocenters. The van der Waals surface area contributed by atoms with E-state index in [4.69, 9.17) is 11.5 Å². The SMILES string of the molecule is CC(C(N)=O)n1cccc(N)c1=O. The summed E-state index contributed by atoms with van der Waals surface area (Å²) in [6.07, 6.45) is 1.48. The highest BCUT2D eigenvalue weighted by atomic mass is 16.2. The molecule has 1 heterocycles. The van der Waals surface area contributed by atoms with Gasteiger partial charge in [0.15, 0.2) is 0 Å². The van der Waals surface area contributed by atoms with Crippen molar-refractivity contribution in [1.29, 1.82) is 0 Å². The molecular formula is C8H11N3O2. The summed E-state index contributed by atoms with van der Waals surface area (Å²) in [7, 11) is 0. The number of anilines is 1. The van der Waals surface area contributed by atoms with Crippen LogP contribution in [0.15, 0.2) is 23.1 Å². The molecule has 1 aromatic rings. The van der Waals surface area contributed by atoms with Gasteiger partial charge in [0.25, 0.3) is 5.56 Å². The Morgan fingerprint density at radius 1 is 1.62 bits per heavy atom. The minimum atomic E-state index is -0.670. The lowest BCUT2D eigenvalue weighted by molar-refractivity contribution is -0.120. The van der Waals surface area contributed by atoms with Crippen molar-refractivity contribution >= 4 is 11.6 Å². The molecule has 0 aliphatic rings. The molecule has 0 saturated heterocycles. The normalized spacial score (nSPS) is 12.4. The summed E-state index contributed by atoms with van der Waals surface area (Å²) in [5.74, 6) is -0.562. The van der Waals surface area contributed by atoms with Crippen molar-refractivity contribution in [2.45, 2.75) is 13.0 Å². The van der Waals surface area contributed by atoms with Crippen LogP contribution in [0.25, 0.3) is 0 Å². The highest BCUT2D eigenvalue weighted by molar-refractivity contribution is 5.77. The highest BCUT2D eigenvalue weighted by Crippen LogP contribution is 2.01. The molecule has 0 bridgehead atoms. The van der Waals surface area contributed by atoms with Crippen molar-refractivity contribution in [3.63, 3.8) is 0 Å².